The van der Waals surface area contributed by atoms with E-state index in [-0.39, 0.29) is 11.9 Å². The number of halogens is 3. The summed E-state index contributed by atoms with van der Waals surface area (Å²) in [4.78, 5) is 17.2. The van der Waals surface area contributed by atoms with E-state index in [9.17, 15) is 4.79 Å². The third-order valence-electron chi connectivity index (χ3n) is 4.24. The lowest BCUT2D eigenvalue weighted by atomic mass is 10.2. The van der Waals surface area contributed by atoms with Crippen LogP contribution < -0.4 is 10.1 Å². The Morgan fingerprint density at radius 2 is 1.84 bits per heavy atom. The number of ether oxygens (including phenoxy) is 1. The molecule has 0 aliphatic rings. The second-order valence-electron chi connectivity index (χ2n) is 6.48. The summed E-state index contributed by atoms with van der Waals surface area (Å²) in [5, 5.41) is 10.6. The summed E-state index contributed by atoms with van der Waals surface area (Å²) >= 11 is 19.6. The largest absolute Gasteiger partial charge is 0.489 e. The third kappa shape index (κ3) is 5.57. The fraction of sp³-hybridized carbons (Fsp3) is 0.0952. The molecule has 2 aromatic heterocycles. The summed E-state index contributed by atoms with van der Waals surface area (Å²) in [6.45, 7) is 0.684. The molecule has 0 spiro atoms. The summed E-state index contributed by atoms with van der Waals surface area (Å²) < 4.78 is 7.26. The van der Waals surface area contributed by atoms with Crippen molar-refractivity contribution >= 4 is 58.0 Å². The molecule has 31 heavy (non-hydrogen) atoms. The van der Waals surface area contributed by atoms with Crippen LogP contribution in [0.2, 0.25) is 15.1 Å². The number of rotatable bonds is 7. The first-order valence-electron chi connectivity index (χ1n) is 9.07. The van der Waals surface area contributed by atoms with Crippen molar-refractivity contribution in [2.24, 2.45) is 0 Å². The molecule has 4 rings (SSSR count). The molecule has 10 heteroatoms. The Balaban J connectivity index is 1.35. The maximum atomic E-state index is 12.5. The highest BCUT2D eigenvalue weighted by molar-refractivity contribution is 7.12. The number of thiophene rings is 1. The van der Waals surface area contributed by atoms with Crippen molar-refractivity contribution in [1.29, 1.82) is 0 Å². The van der Waals surface area contributed by atoms with Crippen LogP contribution in [0, 0.1) is 0 Å². The Labute approximate surface area is 197 Å². The number of nitrogens with zero attached hydrogens (tertiary/aromatic N) is 3. The molecule has 2 heterocycles. The van der Waals surface area contributed by atoms with Crippen LogP contribution in [0.25, 0.3) is 0 Å². The zero-order valence-electron chi connectivity index (χ0n) is 15.9. The minimum atomic E-state index is -0.295. The first-order chi connectivity index (χ1) is 15.0. The van der Waals surface area contributed by atoms with Gasteiger partial charge in [-0.25, -0.2) is 9.67 Å². The van der Waals surface area contributed by atoms with Crippen molar-refractivity contribution < 1.29 is 9.53 Å². The smallest absolute Gasteiger partial charge is 0.268 e. The highest BCUT2D eigenvalue weighted by Crippen LogP contribution is 2.25. The van der Waals surface area contributed by atoms with Crippen LogP contribution in [-0.2, 0) is 13.2 Å². The van der Waals surface area contributed by atoms with E-state index in [1.165, 1.54) is 17.7 Å². The molecule has 0 radical (unpaired) electrons. The average molecular weight is 494 g/mol. The van der Waals surface area contributed by atoms with Gasteiger partial charge in [0, 0.05) is 26.2 Å². The summed E-state index contributed by atoms with van der Waals surface area (Å²) in [6, 6.07) is 14.2. The first kappa shape index (κ1) is 21.6. The lowest BCUT2D eigenvalue weighted by Crippen LogP contribution is -2.12. The third-order valence-corrected chi connectivity index (χ3v) is 6.18. The molecule has 0 saturated carbocycles. The maximum Gasteiger partial charge on any atom is 0.268 e. The van der Waals surface area contributed by atoms with Crippen LogP contribution in [0.5, 0.6) is 5.75 Å². The normalized spacial score (nSPS) is 10.8. The minimum absolute atomic E-state index is 0.195. The van der Waals surface area contributed by atoms with Gasteiger partial charge in [-0.15, -0.1) is 16.4 Å². The Morgan fingerprint density at radius 3 is 2.58 bits per heavy atom. The summed E-state index contributed by atoms with van der Waals surface area (Å²) in [7, 11) is 0. The molecule has 0 atom stereocenters. The number of benzene rings is 2. The number of amides is 1. The number of nitrogens with one attached hydrogen (secondary N) is 1. The molecular formula is C21H15Cl3N4O2S. The predicted octanol–water partition coefficient (Wildman–Crippen LogP) is 6.18. The highest BCUT2D eigenvalue weighted by atomic mass is 35.5. The molecule has 1 N–H and O–H groups in total. The monoisotopic (exact) mass is 492 g/mol. The van der Waals surface area contributed by atoms with Crippen molar-refractivity contribution in [3.63, 3.8) is 0 Å². The lowest BCUT2D eigenvalue weighted by molar-refractivity contribution is 0.102. The second kappa shape index (κ2) is 9.70. The van der Waals surface area contributed by atoms with Gasteiger partial charge in [0.05, 0.1) is 11.4 Å². The molecule has 0 unspecified atom stereocenters. The molecule has 158 valence electrons. The van der Waals surface area contributed by atoms with E-state index < -0.39 is 0 Å². The van der Waals surface area contributed by atoms with Crippen molar-refractivity contribution in [1.82, 2.24) is 14.8 Å². The number of hydrogen-bond donors (Lipinski definition) is 1. The molecule has 2 aromatic carbocycles. The van der Waals surface area contributed by atoms with Gasteiger partial charge in [0.15, 0.2) is 0 Å². The molecule has 1 amide bonds. The van der Waals surface area contributed by atoms with Gasteiger partial charge in [0.1, 0.15) is 18.7 Å². The zero-order chi connectivity index (χ0) is 21.8. The van der Waals surface area contributed by atoms with Crippen LogP contribution in [0.15, 0.2) is 60.2 Å². The number of hydrogen-bond acceptors (Lipinski definition) is 5. The molecule has 0 bridgehead atoms. The van der Waals surface area contributed by atoms with E-state index in [2.05, 4.69) is 15.4 Å². The van der Waals surface area contributed by atoms with E-state index in [1.807, 2.05) is 5.38 Å². The lowest BCUT2D eigenvalue weighted by Gasteiger charge is -2.06. The van der Waals surface area contributed by atoms with E-state index in [4.69, 9.17) is 39.5 Å². The van der Waals surface area contributed by atoms with E-state index in [1.54, 1.807) is 53.2 Å². The molecule has 0 fully saturated rings. The molecule has 6 nitrogen and oxygen atoms in total. The fourth-order valence-corrected chi connectivity index (χ4v) is 4.14. The fourth-order valence-electron chi connectivity index (χ4n) is 2.70. The van der Waals surface area contributed by atoms with Gasteiger partial charge in [-0.2, -0.15) is 0 Å². The van der Waals surface area contributed by atoms with Gasteiger partial charge < -0.3 is 4.74 Å². The predicted molar refractivity (Wildman–Crippen MR) is 124 cm³/mol. The molecular weight excluding hydrogens is 479 g/mol. The van der Waals surface area contributed by atoms with E-state index in [0.29, 0.717) is 38.8 Å². The van der Waals surface area contributed by atoms with Gasteiger partial charge in [0.25, 0.3) is 5.91 Å². The van der Waals surface area contributed by atoms with Crippen LogP contribution in [0.4, 0.5) is 5.95 Å². The maximum absolute atomic E-state index is 12.5. The van der Waals surface area contributed by atoms with Gasteiger partial charge >= 0.3 is 0 Å². The number of carbonyl (C=O) groups excluding carboxylic acids is 1. The van der Waals surface area contributed by atoms with Crippen molar-refractivity contribution in [2.75, 3.05) is 5.32 Å². The van der Waals surface area contributed by atoms with Crippen LogP contribution in [0.1, 0.15) is 20.8 Å². The van der Waals surface area contributed by atoms with E-state index in [0.717, 1.165) is 11.1 Å². The van der Waals surface area contributed by atoms with Crippen molar-refractivity contribution in [3.05, 3.63) is 91.3 Å². The highest BCUT2D eigenvalue weighted by Gasteiger charge is 2.13. The summed E-state index contributed by atoms with van der Waals surface area (Å²) in [5.41, 5.74) is 1.62. The zero-order valence-corrected chi connectivity index (χ0v) is 19.0. The van der Waals surface area contributed by atoms with Gasteiger partial charge in [-0.3, -0.25) is 10.1 Å². The Hall–Kier alpha value is -2.58. The number of anilines is 1. The summed E-state index contributed by atoms with van der Waals surface area (Å²) in [5.74, 6) is 0.603. The van der Waals surface area contributed by atoms with Gasteiger partial charge in [-0.05, 0) is 47.8 Å². The van der Waals surface area contributed by atoms with Crippen molar-refractivity contribution in [2.45, 2.75) is 13.2 Å². The standard InChI is InChI=1S/C21H15Cl3N4O2S/c22-14-4-6-15(7-5-14)30-10-13-8-19(31-11-13)20(29)26-21-25-12-28(27-21)9-16-17(23)2-1-3-18(16)24/h1-8,11-12H,9-10H2,(H,26,27,29). The summed E-state index contributed by atoms with van der Waals surface area (Å²) in [6.07, 6.45) is 1.51. The molecule has 0 saturated heterocycles. The minimum Gasteiger partial charge on any atom is -0.489 e. The average Bonchev–Trinajstić information content (AvgIpc) is 3.40. The van der Waals surface area contributed by atoms with Crippen molar-refractivity contribution in [3.8, 4) is 5.75 Å². The number of carbonyl (C=O) groups is 1. The van der Waals surface area contributed by atoms with E-state index >= 15 is 0 Å². The Bertz CT molecular complexity index is 1190. The Kier molecular flexibility index (Phi) is 6.77. The Morgan fingerprint density at radius 1 is 1.10 bits per heavy atom. The van der Waals surface area contributed by atoms with Crippen LogP contribution in [0.3, 0.4) is 0 Å². The topological polar surface area (TPSA) is 69.0 Å². The molecule has 0 aliphatic carbocycles. The van der Waals surface area contributed by atoms with Crippen LogP contribution in [-0.4, -0.2) is 20.7 Å². The molecule has 4 aromatic rings. The SMILES string of the molecule is O=C(Nc1ncn(Cc2c(Cl)cccc2Cl)n1)c1cc(COc2ccc(Cl)cc2)cs1. The quantitative estimate of drug-likeness (QED) is 0.334. The van der Waals surface area contributed by atoms with Gasteiger partial charge in [-0.1, -0.05) is 40.9 Å². The first-order valence-corrected chi connectivity index (χ1v) is 11.1. The second-order valence-corrected chi connectivity index (χ2v) is 8.64. The van der Waals surface area contributed by atoms with Gasteiger partial charge in [0.2, 0.25) is 5.95 Å². The number of aromatic nitrogens is 3. The molecule has 0 aliphatic heterocycles. The van der Waals surface area contributed by atoms with Crippen LogP contribution >= 0.6 is 46.1 Å².